The summed E-state index contributed by atoms with van der Waals surface area (Å²) in [6.45, 7) is 9.75. The van der Waals surface area contributed by atoms with E-state index in [0.29, 0.717) is 5.41 Å². The van der Waals surface area contributed by atoms with Crippen LogP contribution in [0.2, 0.25) is 0 Å². The molecule has 2 rings (SSSR count). The number of nitrogens with one attached hydrogen (secondary N) is 2. The van der Waals surface area contributed by atoms with E-state index in [2.05, 4.69) is 24.5 Å². The summed E-state index contributed by atoms with van der Waals surface area (Å²) in [5, 5.41) is 7.32. The predicted octanol–water partition coefficient (Wildman–Crippen LogP) is 3.57. The molecule has 2 N–H and O–H groups in total. The molecule has 1 unspecified atom stereocenters. The van der Waals surface area contributed by atoms with Crippen LogP contribution in [0, 0.1) is 17.3 Å². The van der Waals surface area contributed by atoms with Gasteiger partial charge in [0.2, 0.25) is 0 Å². The van der Waals surface area contributed by atoms with Crippen molar-refractivity contribution in [3.63, 3.8) is 0 Å². The molecule has 19 heavy (non-hydrogen) atoms. The monoisotopic (exact) mass is 266 g/mol. The fraction of sp³-hybridized carbons (Fsp3) is 1.00. The van der Waals surface area contributed by atoms with E-state index in [1.807, 2.05) is 0 Å². The second-order valence-corrected chi connectivity index (χ2v) is 7.48. The Hall–Kier alpha value is -0.0800. The van der Waals surface area contributed by atoms with E-state index in [1.165, 1.54) is 77.5 Å². The van der Waals surface area contributed by atoms with Gasteiger partial charge in [0.05, 0.1) is 0 Å². The fourth-order valence-electron chi connectivity index (χ4n) is 4.27. The molecule has 1 aliphatic heterocycles. The van der Waals surface area contributed by atoms with Crippen molar-refractivity contribution in [2.45, 2.75) is 65.2 Å². The molecule has 1 atom stereocenters. The van der Waals surface area contributed by atoms with E-state index >= 15 is 0 Å². The molecular formula is C17H34N2. The third-order valence-corrected chi connectivity index (χ3v) is 5.13. The van der Waals surface area contributed by atoms with Gasteiger partial charge in [-0.3, -0.25) is 0 Å². The van der Waals surface area contributed by atoms with Crippen LogP contribution in [-0.4, -0.2) is 26.2 Å². The third-order valence-electron chi connectivity index (χ3n) is 5.13. The number of rotatable bonds is 7. The van der Waals surface area contributed by atoms with Gasteiger partial charge in [-0.25, -0.2) is 0 Å². The molecule has 2 heteroatoms. The summed E-state index contributed by atoms with van der Waals surface area (Å²) >= 11 is 0. The molecule has 1 heterocycles. The average Bonchev–Trinajstić information content (AvgIpc) is 2.84. The Morgan fingerprint density at radius 2 is 2.00 bits per heavy atom. The second kappa shape index (κ2) is 7.64. The van der Waals surface area contributed by atoms with Gasteiger partial charge in [-0.2, -0.15) is 0 Å². The van der Waals surface area contributed by atoms with Crippen LogP contribution in [0.1, 0.15) is 65.2 Å². The lowest BCUT2D eigenvalue weighted by Gasteiger charge is -2.32. The molecule has 0 aromatic rings. The molecule has 0 aromatic carbocycles. The highest BCUT2D eigenvalue weighted by atomic mass is 14.9. The van der Waals surface area contributed by atoms with Gasteiger partial charge in [-0.15, -0.1) is 0 Å². The molecule has 2 aliphatic rings. The van der Waals surface area contributed by atoms with Gasteiger partial charge in [-0.1, -0.05) is 26.7 Å². The zero-order valence-corrected chi connectivity index (χ0v) is 13.1. The van der Waals surface area contributed by atoms with Gasteiger partial charge in [0.15, 0.2) is 0 Å². The summed E-state index contributed by atoms with van der Waals surface area (Å²) < 4.78 is 0. The summed E-state index contributed by atoms with van der Waals surface area (Å²) in [6.07, 6.45) is 11.4. The smallest absolute Gasteiger partial charge is 0.000791 e. The van der Waals surface area contributed by atoms with Crippen LogP contribution in [0.25, 0.3) is 0 Å². The minimum Gasteiger partial charge on any atom is -0.316 e. The number of hydrogen-bond acceptors (Lipinski definition) is 2. The van der Waals surface area contributed by atoms with Crippen molar-refractivity contribution in [1.29, 1.82) is 0 Å². The molecule has 2 fully saturated rings. The van der Waals surface area contributed by atoms with E-state index in [-0.39, 0.29) is 0 Å². The molecule has 112 valence electrons. The maximum atomic E-state index is 3.79. The van der Waals surface area contributed by atoms with Gasteiger partial charge in [0.25, 0.3) is 0 Å². The summed E-state index contributed by atoms with van der Waals surface area (Å²) in [5.41, 5.74) is 0.638. The van der Waals surface area contributed by atoms with E-state index in [4.69, 9.17) is 0 Å². The van der Waals surface area contributed by atoms with E-state index < -0.39 is 0 Å². The third kappa shape index (κ3) is 5.07. The quantitative estimate of drug-likeness (QED) is 0.688. The summed E-state index contributed by atoms with van der Waals surface area (Å²) in [6, 6.07) is 0. The van der Waals surface area contributed by atoms with Crippen LogP contribution < -0.4 is 10.6 Å². The highest BCUT2D eigenvalue weighted by molar-refractivity contribution is 4.87. The molecule has 1 saturated heterocycles. The van der Waals surface area contributed by atoms with Crippen LogP contribution in [0.4, 0.5) is 0 Å². The Balaban J connectivity index is 1.64. The zero-order chi connectivity index (χ0) is 13.6. The molecule has 1 aliphatic carbocycles. The SMILES string of the molecule is CC(C)CC1(CNCCC2CCCNC2)CCCC1. The molecule has 0 radical (unpaired) electrons. The minimum absolute atomic E-state index is 0.638. The van der Waals surface area contributed by atoms with Crippen molar-refractivity contribution in [3.8, 4) is 0 Å². The Labute approximate surface area is 120 Å². The molecule has 1 saturated carbocycles. The van der Waals surface area contributed by atoms with Crippen LogP contribution >= 0.6 is 0 Å². The first kappa shape index (κ1) is 15.3. The molecule has 2 nitrogen and oxygen atoms in total. The number of hydrogen-bond donors (Lipinski definition) is 2. The maximum absolute atomic E-state index is 3.79. The van der Waals surface area contributed by atoms with Gasteiger partial charge in [-0.05, 0) is 75.4 Å². The largest absolute Gasteiger partial charge is 0.316 e. The zero-order valence-electron chi connectivity index (χ0n) is 13.1. The summed E-state index contributed by atoms with van der Waals surface area (Å²) in [4.78, 5) is 0. The molecule has 0 spiro atoms. The van der Waals surface area contributed by atoms with Crippen molar-refractivity contribution >= 4 is 0 Å². The topological polar surface area (TPSA) is 24.1 Å². The molecule has 0 amide bonds. The van der Waals surface area contributed by atoms with Gasteiger partial charge < -0.3 is 10.6 Å². The Morgan fingerprint density at radius 1 is 1.21 bits per heavy atom. The van der Waals surface area contributed by atoms with Crippen LogP contribution in [-0.2, 0) is 0 Å². The Morgan fingerprint density at radius 3 is 2.63 bits per heavy atom. The van der Waals surface area contributed by atoms with Gasteiger partial charge >= 0.3 is 0 Å². The van der Waals surface area contributed by atoms with Crippen LogP contribution in [0.15, 0.2) is 0 Å². The molecule has 0 aromatic heterocycles. The average molecular weight is 266 g/mol. The van der Waals surface area contributed by atoms with E-state index in [1.54, 1.807) is 0 Å². The van der Waals surface area contributed by atoms with Crippen LogP contribution in [0.3, 0.4) is 0 Å². The lowest BCUT2D eigenvalue weighted by atomic mass is 9.78. The highest BCUT2D eigenvalue weighted by Gasteiger charge is 2.33. The van der Waals surface area contributed by atoms with Crippen molar-refractivity contribution in [1.82, 2.24) is 10.6 Å². The van der Waals surface area contributed by atoms with E-state index in [0.717, 1.165) is 11.8 Å². The lowest BCUT2D eigenvalue weighted by molar-refractivity contribution is 0.221. The first-order valence-corrected chi connectivity index (χ1v) is 8.62. The fourth-order valence-corrected chi connectivity index (χ4v) is 4.27. The van der Waals surface area contributed by atoms with Crippen LogP contribution in [0.5, 0.6) is 0 Å². The van der Waals surface area contributed by atoms with Crippen molar-refractivity contribution in [2.75, 3.05) is 26.2 Å². The maximum Gasteiger partial charge on any atom is 0.000791 e. The summed E-state index contributed by atoms with van der Waals surface area (Å²) in [5.74, 6) is 1.77. The Bertz CT molecular complexity index is 238. The van der Waals surface area contributed by atoms with E-state index in [9.17, 15) is 0 Å². The normalized spacial score (nSPS) is 27.0. The van der Waals surface area contributed by atoms with Crippen molar-refractivity contribution in [3.05, 3.63) is 0 Å². The second-order valence-electron chi connectivity index (χ2n) is 7.48. The summed E-state index contributed by atoms with van der Waals surface area (Å²) in [7, 11) is 0. The lowest BCUT2D eigenvalue weighted by Crippen LogP contribution is -2.36. The highest BCUT2D eigenvalue weighted by Crippen LogP contribution is 2.42. The first-order chi connectivity index (χ1) is 9.20. The molecule has 0 bridgehead atoms. The molecular weight excluding hydrogens is 232 g/mol. The Kier molecular flexibility index (Phi) is 6.15. The van der Waals surface area contributed by atoms with Gasteiger partial charge in [0, 0.05) is 6.54 Å². The number of piperidine rings is 1. The standard InChI is InChI=1S/C17H34N2/c1-15(2)12-17(8-3-4-9-17)14-19-11-7-16-6-5-10-18-13-16/h15-16,18-19H,3-14H2,1-2H3. The van der Waals surface area contributed by atoms with Gasteiger partial charge in [0.1, 0.15) is 0 Å². The van der Waals surface area contributed by atoms with Crippen molar-refractivity contribution in [2.24, 2.45) is 17.3 Å². The minimum atomic E-state index is 0.638. The predicted molar refractivity (Wildman–Crippen MR) is 83.4 cm³/mol. The van der Waals surface area contributed by atoms with Crippen molar-refractivity contribution < 1.29 is 0 Å². The first-order valence-electron chi connectivity index (χ1n) is 8.62.